The number of rotatable bonds is 6. The maximum Gasteiger partial charge on any atom is 0.245 e. The van der Waals surface area contributed by atoms with Crippen molar-refractivity contribution >= 4 is 35.0 Å². The molecule has 32 heavy (non-hydrogen) atoms. The van der Waals surface area contributed by atoms with Gasteiger partial charge in [0, 0.05) is 42.6 Å². The van der Waals surface area contributed by atoms with Gasteiger partial charge in [-0.25, -0.2) is 0 Å². The van der Waals surface area contributed by atoms with Crippen molar-refractivity contribution in [2.45, 2.75) is 37.6 Å². The molecule has 170 valence electrons. The Hall–Kier alpha value is -2.08. The van der Waals surface area contributed by atoms with Gasteiger partial charge in [-0.3, -0.25) is 9.59 Å². The molecule has 1 N–H and O–H groups in total. The van der Waals surface area contributed by atoms with E-state index in [0.717, 1.165) is 29.8 Å². The number of amides is 2. The van der Waals surface area contributed by atoms with Gasteiger partial charge in [-0.2, -0.15) is 0 Å². The van der Waals surface area contributed by atoms with Gasteiger partial charge in [0.25, 0.3) is 0 Å². The average Bonchev–Trinajstić information content (AvgIpc) is 3.55. The Morgan fingerprint density at radius 1 is 1.06 bits per heavy atom. The van der Waals surface area contributed by atoms with Crippen LogP contribution in [0.15, 0.2) is 42.5 Å². The fourth-order valence-corrected chi connectivity index (χ4v) is 5.03. The van der Waals surface area contributed by atoms with E-state index in [1.807, 2.05) is 36.1 Å². The van der Waals surface area contributed by atoms with Gasteiger partial charge < -0.3 is 15.1 Å². The molecule has 5 nitrogen and oxygen atoms in total. The minimum absolute atomic E-state index is 0.0223. The summed E-state index contributed by atoms with van der Waals surface area (Å²) in [6.45, 7) is 5.04. The monoisotopic (exact) mass is 473 g/mol. The molecular weight excluding hydrogens is 445 g/mol. The second kappa shape index (κ2) is 9.42. The summed E-state index contributed by atoms with van der Waals surface area (Å²) >= 11 is 12.5. The number of nitrogens with zero attached hydrogens (tertiary/aromatic N) is 2. The second-order valence-electron chi connectivity index (χ2n) is 9.05. The van der Waals surface area contributed by atoms with E-state index in [-0.39, 0.29) is 11.8 Å². The topological polar surface area (TPSA) is 52.7 Å². The normalized spacial score (nSPS) is 18.8. The first-order chi connectivity index (χ1) is 15.3. The Kier molecular flexibility index (Phi) is 6.80. The molecule has 0 spiro atoms. The summed E-state index contributed by atoms with van der Waals surface area (Å²) in [6.07, 6.45) is 1.88. The molecule has 0 bridgehead atoms. The molecule has 1 saturated heterocycles. The predicted octanol–water partition coefficient (Wildman–Crippen LogP) is 3.83. The summed E-state index contributed by atoms with van der Waals surface area (Å²) in [7, 11) is 2.06. The van der Waals surface area contributed by atoms with Gasteiger partial charge in [0.15, 0.2) is 0 Å². The van der Waals surface area contributed by atoms with Crippen molar-refractivity contribution in [1.82, 2.24) is 15.1 Å². The van der Waals surface area contributed by atoms with E-state index in [1.165, 1.54) is 0 Å². The Bertz CT molecular complexity index is 1010. The minimum atomic E-state index is -0.686. The first-order valence-electron chi connectivity index (χ1n) is 11.1. The lowest BCUT2D eigenvalue weighted by molar-refractivity contribution is -0.138. The lowest BCUT2D eigenvalue weighted by Gasteiger charge is -2.35. The molecule has 2 aromatic carbocycles. The van der Waals surface area contributed by atoms with Crippen molar-refractivity contribution in [3.63, 3.8) is 0 Å². The molecule has 1 aliphatic heterocycles. The molecule has 2 fully saturated rings. The number of likely N-dealkylation sites (N-methyl/N-ethyl adjacent to an activating group) is 1. The number of piperazine rings is 1. The van der Waals surface area contributed by atoms with Crippen LogP contribution in [0.3, 0.4) is 0 Å². The van der Waals surface area contributed by atoms with Crippen LogP contribution in [0.4, 0.5) is 0 Å². The maximum absolute atomic E-state index is 13.5. The van der Waals surface area contributed by atoms with E-state index in [2.05, 4.69) is 23.3 Å². The molecule has 0 aromatic heterocycles. The summed E-state index contributed by atoms with van der Waals surface area (Å²) in [5, 5.41) is 4.13. The molecule has 2 aliphatic rings. The summed E-state index contributed by atoms with van der Waals surface area (Å²) in [6, 6.07) is 12.7. The largest absolute Gasteiger partial charge is 0.343 e. The Balaban J connectivity index is 1.56. The Morgan fingerprint density at radius 2 is 1.78 bits per heavy atom. The van der Waals surface area contributed by atoms with Gasteiger partial charge in [-0.05, 0) is 50.1 Å². The highest BCUT2D eigenvalue weighted by atomic mass is 35.5. The molecule has 4 rings (SSSR count). The third kappa shape index (κ3) is 4.95. The van der Waals surface area contributed by atoms with Gasteiger partial charge >= 0.3 is 0 Å². The highest BCUT2D eigenvalue weighted by Crippen LogP contribution is 2.51. The van der Waals surface area contributed by atoms with Crippen LogP contribution in [0.2, 0.25) is 10.0 Å². The zero-order valence-electron chi connectivity index (χ0n) is 18.5. The molecule has 1 atom stereocenters. The van der Waals surface area contributed by atoms with Crippen molar-refractivity contribution in [3.05, 3.63) is 69.2 Å². The Labute approximate surface area is 199 Å². The fraction of sp³-hybridized carbons (Fsp3) is 0.440. The van der Waals surface area contributed by atoms with Crippen molar-refractivity contribution in [2.75, 3.05) is 33.2 Å². The molecule has 2 amide bonds. The van der Waals surface area contributed by atoms with Gasteiger partial charge in [-0.1, -0.05) is 59.1 Å². The van der Waals surface area contributed by atoms with Gasteiger partial charge in [-0.15, -0.1) is 0 Å². The standard InChI is InChI=1S/C25H29Cl2N3O2/c1-17-4-3-5-18(14-17)15-22(23(31)30-12-10-29(2)11-13-30)28-24(32)25(8-9-25)20-7-6-19(26)16-21(20)27/h3-7,14,16,22H,8-13,15H2,1-2H3,(H,28,32). The van der Waals surface area contributed by atoms with Crippen LogP contribution < -0.4 is 5.32 Å². The van der Waals surface area contributed by atoms with Gasteiger partial charge in [0.1, 0.15) is 6.04 Å². The van der Waals surface area contributed by atoms with Gasteiger partial charge in [0.2, 0.25) is 11.8 Å². The van der Waals surface area contributed by atoms with Crippen LogP contribution >= 0.6 is 23.2 Å². The summed E-state index contributed by atoms with van der Waals surface area (Å²) in [4.78, 5) is 31.0. The van der Waals surface area contributed by atoms with E-state index in [1.54, 1.807) is 12.1 Å². The summed E-state index contributed by atoms with van der Waals surface area (Å²) in [5.41, 5.74) is 2.26. The SMILES string of the molecule is Cc1cccc(CC(NC(=O)C2(c3ccc(Cl)cc3Cl)CC2)C(=O)N2CCN(C)CC2)c1. The Morgan fingerprint density at radius 3 is 2.41 bits per heavy atom. The number of carbonyl (C=O) groups is 2. The number of hydrogen-bond donors (Lipinski definition) is 1. The van der Waals surface area contributed by atoms with Crippen molar-refractivity contribution in [3.8, 4) is 0 Å². The molecule has 7 heteroatoms. The highest BCUT2D eigenvalue weighted by Gasteiger charge is 2.53. The fourth-order valence-electron chi connectivity index (χ4n) is 4.44. The molecule has 1 saturated carbocycles. The second-order valence-corrected chi connectivity index (χ2v) is 9.90. The summed E-state index contributed by atoms with van der Waals surface area (Å²) in [5.74, 6) is -0.159. The van der Waals surface area contributed by atoms with E-state index in [0.29, 0.717) is 42.4 Å². The van der Waals surface area contributed by atoms with Crippen LogP contribution in [0.25, 0.3) is 0 Å². The highest BCUT2D eigenvalue weighted by molar-refractivity contribution is 6.35. The van der Waals surface area contributed by atoms with Crippen molar-refractivity contribution < 1.29 is 9.59 Å². The van der Waals surface area contributed by atoms with E-state index < -0.39 is 11.5 Å². The third-order valence-corrected chi connectivity index (χ3v) is 7.12. The molecule has 1 aliphatic carbocycles. The van der Waals surface area contributed by atoms with Crippen LogP contribution in [0.5, 0.6) is 0 Å². The minimum Gasteiger partial charge on any atom is -0.343 e. The first kappa shape index (κ1) is 23.1. The van der Waals surface area contributed by atoms with E-state index >= 15 is 0 Å². The summed E-state index contributed by atoms with van der Waals surface area (Å²) < 4.78 is 0. The number of carbonyl (C=O) groups excluding carboxylic acids is 2. The van der Waals surface area contributed by atoms with E-state index in [4.69, 9.17) is 23.2 Å². The van der Waals surface area contributed by atoms with Crippen LogP contribution in [-0.4, -0.2) is 60.9 Å². The quantitative estimate of drug-likeness (QED) is 0.693. The zero-order chi connectivity index (χ0) is 22.9. The smallest absolute Gasteiger partial charge is 0.245 e. The van der Waals surface area contributed by atoms with Crippen molar-refractivity contribution in [2.24, 2.45) is 0 Å². The third-order valence-electron chi connectivity index (χ3n) is 6.57. The number of benzene rings is 2. The molecule has 1 unspecified atom stereocenters. The van der Waals surface area contributed by atoms with Crippen LogP contribution in [-0.2, 0) is 21.4 Å². The lowest BCUT2D eigenvalue weighted by atomic mass is 9.93. The average molecular weight is 474 g/mol. The van der Waals surface area contributed by atoms with Crippen LogP contribution in [0, 0.1) is 6.92 Å². The first-order valence-corrected chi connectivity index (χ1v) is 11.8. The lowest BCUT2D eigenvalue weighted by Crippen LogP contribution is -2.56. The molecule has 1 heterocycles. The van der Waals surface area contributed by atoms with Crippen molar-refractivity contribution in [1.29, 1.82) is 0 Å². The molecule has 2 aromatic rings. The van der Waals surface area contributed by atoms with Crippen LogP contribution in [0.1, 0.15) is 29.5 Å². The van der Waals surface area contributed by atoms with Gasteiger partial charge in [0.05, 0.1) is 5.41 Å². The maximum atomic E-state index is 13.5. The predicted molar refractivity (Wildman–Crippen MR) is 128 cm³/mol. The number of nitrogens with one attached hydrogen (secondary N) is 1. The number of aryl methyl sites for hydroxylation is 1. The molecular formula is C25H29Cl2N3O2. The van der Waals surface area contributed by atoms with E-state index in [9.17, 15) is 9.59 Å². The zero-order valence-corrected chi connectivity index (χ0v) is 20.0. The number of hydrogen-bond acceptors (Lipinski definition) is 3. The molecule has 0 radical (unpaired) electrons. The number of halogens is 2.